The monoisotopic (exact) mass is 521 g/mol. The molecule has 0 unspecified atom stereocenters. The number of hydrogen-bond donors (Lipinski definition) is 0. The highest BCUT2D eigenvalue weighted by molar-refractivity contribution is 9.10. The molecule has 0 bridgehead atoms. The van der Waals surface area contributed by atoms with Crippen LogP contribution < -0.4 is 19.1 Å². The fraction of sp³-hybridized carbons (Fsp3) is 0.222. The molecule has 0 aliphatic heterocycles. The Morgan fingerprint density at radius 1 is 0.676 bits per heavy atom. The van der Waals surface area contributed by atoms with Crippen molar-refractivity contribution in [3.05, 3.63) is 100 Å². The van der Waals surface area contributed by atoms with Crippen LogP contribution in [-0.4, -0.2) is 31.1 Å². The van der Waals surface area contributed by atoms with Crippen LogP contribution in [0.15, 0.2) is 83.5 Å². The van der Waals surface area contributed by atoms with Gasteiger partial charge in [-0.15, -0.1) is 0 Å². The molecule has 3 aromatic carbocycles. The van der Waals surface area contributed by atoms with Crippen molar-refractivity contribution in [2.24, 2.45) is 0 Å². The Balaban J connectivity index is 1.65. The Hall–Kier alpha value is -3.45. The normalized spacial score (nSPS) is 10.7. The highest BCUT2D eigenvalue weighted by Crippen LogP contribution is 2.30. The second kappa shape index (κ2) is 11.1. The van der Waals surface area contributed by atoms with Gasteiger partial charge in [-0.1, -0.05) is 36.4 Å². The molecule has 176 valence electrons. The fourth-order valence-corrected chi connectivity index (χ4v) is 4.35. The molecule has 6 nitrogen and oxygen atoms in total. The first-order chi connectivity index (χ1) is 16.6. The van der Waals surface area contributed by atoms with E-state index in [1.807, 2.05) is 47.3 Å². The molecular weight excluding hydrogens is 494 g/mol. The molecule has 7 heteroatoms. The number of nitrogens with zero attached hydrogens (tertiary/aromatic N) is 3. The number of methoxy groups -OCH3 is 3. The smallest absolute Gasteiger partial charge is 0.142 e. The van der Waals surface area contributed by atoms with Gasteiger partial charge in [0.2, 0.25) is 0 Å². The van der Waals surface area contributed by atoms with Gasteiger partial charge in [0.1, 0.15) is 23.1 Å². The van der Waals surface area contributed by atoms with Gasteiger partial charge in [0, 0.05) is 13.1 Å². The van der Waals surface area contributed by atoms with Crippen LogP contribution in [0, 0.1) is 0 Å². The summed E-state index contributed by atoms with van der Waals surface area (Å²) in [6.07, 6.45) is 1.86. The Morgan fingerprint density at radius 2 is 1.09 bits per heavy atom. The first kappa shape index (κ1) is 23.7. The van der Waals surface area contributed by atoms with Crippen molar-refractivity contribution in [1.29, 1.82) is 0 Å². The van der Waals surface area contributed by atoms with Crippen molar-refractivity contribution in [3.63, 3.8) is 0 Å². The highest BCUT2D eigenvalue weighted by atomic mass is 79.9. The van der Waals surface area contributed by atoms with Crippen molar-refractivity contribution in [1.82, 2.24) is 9.78 Å². The van der Waals surface area contributed by atoms with E-state index < -0.39 is 0 Å². The molecule has 1 heterocycles. The third kappa shape index (κ3) is 5.72. The van der Waals surface area contributed by atoms with Crippen LogP contribution >= 0.6 is 15.9 Å². The second-order valence-electron chi connectivity index (χ2n) is 7.87. The molecule has 0 amide bonds. The second-order valence-corrected chi connectivity index (χ2v) is 8.73. The zero-order valence-corrected chi connectivity index (χ0v) is 21.2. The van der Waals surface area contributed by atoms with Gasteiger partial charge in [-0.3, -0.25) is 0 Å². The van der Waals surface area contributed by atoms with Gasteiger partial charge < -0.3 is 19.1 Å². The minimum Gasteiger partial charge on any atom is -0.497 e. The topological polar surface area (TPSA) is 48.8 Å². The minimum atomic E-state index is 0.645. The molecule has 0 saturated carbocycles. The standard InChI is InChI=1S/C27H28BrN3O3/c1-32-23-10-4-20(5-11-23)17-30(18-21-6-12-24(33-2)13-7-21)27-26(28)16-29-31(27)19-22-8-14-25(34-3)15-9-22/h4-16H,17-19H2,1-3H3. The number of anilines is 1. The number of rotatable bonds is 10. The number of aromatic nitrogens is 2. The van der Waals surface area contributed by atoms with E-state index in [9.17, 15) is 0 Å². The first-order valence-corrected chi connectivity index (χ1v) is 11.7. The summed E-state index contributed by atoms with van der Waals surface area (Å²) in [6.45, 7) is 2.07. The van der Waals surface area contributed by atoms with Crippen molar-refractivity contribution < 1.29 is 14.2 Å². The molecule has 1 aromatic heterocycles. The lowest BCUT2D eigenvalue weighted by atomic mass is 10.1. The van der Waals surface area contributed by atoms with Crippen molar-refractivity contribution in [2.45, 2.75) is 19.6 Å². The number of ether oxygens (including phenoxy) is 3. The van der Waals surface area contributed by atoms with Gasteiger partial charge in [-0.05, 0) is 69.0 Å². The molecular formula is C27H28BrN3O3. The lowest BCUT2D eigenvalue weighted by Crippen LogP contribution is -2.25. The van der Waals surface area contributed by atoms with Crippen LogP contribution in [0.1, 0.15) is 16.7 Å². The molecule has 0 aliphatic carbocycles. The van der Waals surface area contributed by atoms with Gasteiger partial charge >= 0.3 is 0 Å². The Labute approximate surface area is 208 Å². The van der Waals surface area contributed by atoms with E-state index in [2.05, 4.69) is 62.3 Å². The minimum absolute atomic E-state index is 0.645. The fourth-order valence-electron chi connectivity index (χ4n) is 3.80. The van der Waals surface area contributed by atoms with Crippen LogP contribution in [0.2, 0.25) is 0 Å². The average molecular weight is 522 g/mol. The predicted molar refractivity (Wildman–Crippen MR) is 138 cm³/mol. The van der Waals surface area contributed by atoms with Crippen LogP contribution in [0.25, 0.3) is 0 Å². The summed E-state index contributed by atoms with van der Waals surface area (Å²) >= 11 is 3.74. The molecule has 4 rings (SSSR count). The molecule has 0 spiro atoms. The van der Waals surface area contributed by atoms with Crippen LogP contribution in [0.4, 0.5) is 5.82 Å². The van der Waals surface area contributed by atoms with Gasteiger partial charge in [0.15, 0.2) is 0 Å². The number of hydrogen-bond acceptors (Lipinski definition) is 5. The largest absolute Gasteiger partial charge is 0.497 e. The Bertz CT molecular complexity index is 1140. The third-order valence-electron chi connectivity index (χ3n) is 5.62. The zero-order chi connectivity index (χ0) is 23.9. The highest BCUT2D eigenvalue weighted by Gasteiger charge is 2.18. The maximum absolute atomic E-state index is 5.33. The average Bonchev–Trinajstić information content (AvgIpc) is 3.24. The maximum atomic E-state index is 5.33. The van der Waals surface area contributed by atoms with Gasteiger partial charge in [0.25, 0.3) is 0 Å². The molecule has 4 aromatic rings. The number of halogens is 1. The molecule has 0 aliphatic rings. The summed E-state index contributed by atoms with van der Waals surface area (Å²) in [4.78, 5) is 2.32. The van der Waals surface area contributed by atoms with Crippen molar-refractivity contribution in [3.8, 4) is 17.2 Å². The van der Waals surface area contributed by atoms with Crippen molar-refractivity contribution >= 4 is 21.7 Å². The summed E-state index contributed by atoms with van der Waals surface area (Å²) in [5.74, 6) is 3.54. The van der Waals surface area contributed by atoms with Crippen LogP contribution in [0.3, 0.4) is 0 Å². The summed E-state index contributed by atoms with van der Waals surface area (Å²) in [5.41, 5.74) is 3.50. The van der Waals surface area contributed by atoms with Crippen molar-refractivity contribution in [2.75, 3.05) is 26.2 Å². The number of benzene rings is 3. The maximum Gasteiger partial charge on any atom is 0.142 e. The van der Waals surface area contributed by atoms with E-state index >= 15 is 0 Å². The first-order valence-electron chi connectivity index (χ1n) is 10.9. The van der Waals surface area contributed by atoms with Gasteiger partial charge in [-0.25, -0.2) is 4.68 Å². The van der Waals surface area contributed by atoms with Crippen LogP contribution in [0.5, 0.6) is 17.2 Å². The van der Waals surface area contributed by atoms with E-state index in [1.54, 1.807) is 21.3 Å². The van der Waals surface area contributed by atoms with Gasteiger partial charge in [0.05, 0.1) is 38.5 Å². The van der Waals surface area contributed by atoms with Crippen LogP contribution in [-0.2, 0) is 19.6 Å². The van der Waals surface area contributed by atoms with Gasteiger partial charge in [-0.2, -0.15) is 5.10 Å². The third-order valence-corrected chi connectivity index (χ3v) is 6.18. The van der Waals surface area contributed by atoms with E-state index in [0.717, 1.165) is 33.1 Å². The summed E-state index contributed by atoms with van der Waals surface area (Å²) in [7, 11) is 5.04. The van der Waals surface area contributed by atoms with E-state index in [4.69, 9.17) is 14.2 Å². The molecule has 0 fully saturated rings. The molecule has 0 radical (unpaired) electrons. The Kier molecular flexibility index (Phi) is 7.75. The summed E-state index contributed by atoms with van der Waals surface area (Å²) < 4.78 is 18.9. The SMILES string of the molecule is COc1ccc(CN(Cc2ccc(OC)cc2)c2c(Br)cnn2Cc2ccc(OC)cc2)cc1. The van der Waals surface area contributed by atoms with E-state index in [1.165, 1.54) is 11.1 Å². The lowest BCUT2D eigenvalue weighted by Gasteiger charge is -2.26. The van der Waals surface area contributed by atoms with E-state index in [0.29, 0.717) is 19.6 Å². The molecule has 0 N–H and O–H groups in total. The zero-order valence-electron chi connectivity index (χ0n) is 19.6. The predicted octanol–water partition coefficient (Wildman–Crippen LogP) is 5.93. The summed E-state index contributed by atoms with van der Waals surface area (Å²) in [5, 5.41) is 4.67. The molecule has 34 heavy (non-hydrogen) atoms. The Morgan fingerprint density at radius 3 is 1.50 bits per heavy atom. The quantitative estimate of drug-likeness (QED) is 0.259. The lowest BCUT2D eigenvalue weighted by molar-refractivity contribution is 0.414. The molecule has 0 atom stereocenters. The van der Waals surface area contributed by atoms with E-state index in [-0.39, 0.29) is 0 Å². The summed E-state index contributed by atoms with van der Waals surface area (Å²) in [6, 6.07) is 24.4. The molecule has 0 saturated heterocycles.